The molecule has 0 spiro atoms. The maximum Gasteiger partial charge on any atom is 0.251 e. The van der Waals surface area contributed by atoms with E-state index in [-0.39, 0.29) is 11.8 Å². The normalized spacial score (nSPS) is 15.3. The monoisotopic (exact) mass is 380 g/mol. The van der Waals surface area contributed by atoms with Crippen molar-refractivity contribution in [1.29, 1.82) is 0 Å². The van der Waals surface area contributed by atoms with E-state index in [0.29, 0.717) is 44.2 Å². The third-order valence-electron chi connectivity index (χ3n) is 4.89. The molecule has 0 radical (unpaired) electrons. The van der Waals surface area contributed by atoms with Crippen LogP contribution in [0, 0.1) is 5.92 Å². The number of benzene rings is 2. The van der Waals surface area contributed by atoms with Crippen molar-refractivity contribution < 1.29 is 14.3 Å². The number of rotatable bonds is 6. The van der Waals surface area contributed by atoms with Crippen LogP contribution in [0.25, 0.3) is 11.1 Å². The lowest BCUT2D eigenvalue weighted by atomic mass is 10.0. The number of carbonyl (C=O) groups excluding carboxylic acids is 2. The van der Waals surface area contributed by atoms with Crippen LogP contribution in [0.2, 0.25) is 0 Å². The minimum Gasteiger partial charge on any atom is -0.378 e. The van der Waals surface area contributed by atoms with Gasteiger partial charge in [-0.15, -0.1) is 0 Å². The van der Waals surface area contributed by atoms with Gasteiger partial charge in [-0.3, -0.25) is 9.59 Å². The summed E-state index contributed by atoms with van der Waals surface area (Å²) < 4.78 is 5.33. The molecule has 1 N–H and O–H groups in total. The first kappa shape index (κ1) is 20.1. The molecule has 2 aromatic rings. The van der Waals surface area contributed by atoms with E-state index in [9.17, 15) is 9.59 Å². The number of nitrogens with one attached hydrogen (secondary N) is 1. The van der Waals surface area contributed by atoms with Gasteiger partial charge in [-0.25, -0.2) is 0 Å². The van der Waals surface area contributed by atoms with Gasteiger partial charge in [-0.2, -0.15) is 0 Å². The highest BCUT2D eigenvalue weighted by molar-refractivity contribution is 5.98. The largest absolute Gasteiger partial charge is 0.378 e. The summed E-state index contributed by atoms with van der Waals surface area (Å²) in [6.45, 7) is 6.37. The van der Waals surface area contributed by atoms with Crippen molar-refractivity contribution in [2.45, 2.75) is 26.3 Å². The van der Waals surface area contributed by atoms with E-state index in [0.717, 1.165) is 11.1 Å². The molecule has 0 aliphatic carbocycles. The van der Waals surface area contributed by atoms with E-state index in [1.165, 1.54) is 0 Å². The molecule has 0 saturated carbocycles. The van der Waals surface area contributed by atoms with Crippen molar-refractivity contribution in [2.24, 2.45) is 5.92 Å². The van der Waals surface area contributed by atoms with E-state index in [1.54, 1.807) is 4.90 Å². The van der Waals surface area contributed by atoms with Crippen LogP contribution < -0.4 is 5.32 Å². The highest BCUT2D eigenvalue weighted by atomic mass is 16.5. The van der Waals surface area contributed by atoms with E-state index >= 15 is 0 Å². The Morgan fingerprint density at radius 1 is 0.964 bits per heavy atom. The predicted molar refractivity (Wildman–Crippen MR) is 110 cm³/mol. The van der Waals surface area contributed by atoms with E-state index in [4.69, 9.17) is 4.74 Å². The highest BCUT2D eigenvalue weighted by Crippen LogP contribution is 2.19. The van der Waals surface area contributed by atoms with Gasteiger partial charge in [0.2, 0.25) is 5.91 Å². The van der Waals surface area contributed by atoms with Gasteiger partial charge < -0.3 is 15.0 Å². The molecule has 28 heavy (non-hydrogen) atoms. The Kier molecular flexibility index (Phi) is 6.82. The van der Waals surface area contributed by atoms with Crippen LogP contribution in [-0.2, 0) is 9.53 Å². The van der Waals surface area contributed by atoms with Crippen molar-refractivity contribution in [1.82, 2.24) is 10.2 Å². The molecule has 2 aromatic carbocycles. The molecule has 1 saturated heterocycles. The van der Waals surface area contributed by atoms with Gasteiger partial charge in [0, 0.05) is 18.7 Å². The van der Waals surface area contributed by atoms with E-state index in [1.807, 2.05) is 54.6 Å². The molecular formula is C23H28N2O3. The average Bonchev–Trinajstić information content (AvgIpc) is 2.74. The third kappa shape index (κ3) is 5.20. The molecular weight excluding hydrogens is 352 g/mol. The summed E-state index contributed by atoms with van der Waals surface area (Å²) in [4.78, 5) is 27.4. The zero-order valence-corrected chi connectivity index (χ0v) is 16.6. The Morgan fingerprint density at radius 2 is 1.57 bits per heavy atom. The minimum absolute atomic E-state index is 0.0220. The second-order valence-corrected chi connectivity index (χ2v) is 7.54. The summed E-state index contributed by atoms with van der Waals surface area (Å²) in [5.41, 5.74) is 2.72. The number of ether oxygens (including phenoxy) is 1. The van der Waals surface area contributed by atoms with Crippen molar-refractivity contribution in [3.8, 4) is 11.1 Å². The second kappa shape index (κ2) is 9.51. The Balaban J connectivity index is 1.69. The number of hydrogen-bond donors (Lipinski definition) is 1. The summed E-state index contributed by atoms with van der Waals surface area (Å²) in [5.74, 6) is 0.0638. The Morgan fingerprint density at radius 3 is 2.18 bits per heavy atom. The molecule has 0 unspecified atom stereocenters. The lowest BCUT2D eigenvalue weighted by molar-refractivity contribution is -0.137. The van der Waals surface area contributed by atoms with Crippen molar-refractivity contribution in [3.05, 3.63) is 60.2 Å². The van der Waals surface area contributed by atoms with Gasteiger partial charge in [0.1, 0.15) is 6.04 Å². The van der Waals surface area contributed by atoms with Gasteiger partial charge in [-0.1, -0.05) is 56.3 Å². The summed E-state index contributed by atoms with van der Waals surface area (Å²) in [6.07, 6.45) is 0.615. The van der Waals surface area contributed by atoms with Gasteiger partial charge in [0.05, 0.1) is 13.2 Å². The molecule has 1 atom stereocenters. The van der Waals surface area contributed by atoms with Crippen LogP contribution in [0.15, 0.2) is 54.6 Å². The van der Waals surface area contributed by atoms with E-state index < -0.39 is 6.04 Å². The topological polar surface area (TPSA) is 58.6 Å². The number of amides is 2. The molecule has 1 heterocycles. The maximum absolute atomic E-state index is 12.9. The fourth-order valence-corrected chi connectivity index (χ4v) is 3.38. The predicted octanol–water partition coefficient (Wildman–Crippen LogP) is 3.36. The van der Waals surface area contributed by atoms with Crippen LogP contribution in [0.4, 0.5) is 0 Å². The summed E-state index contributed by atoms with van der Waals surface area (Å²) in [5, 5.41) is 2.95. The highest BCUT2D eigenvalue weighted by Gasteiger charge is 2.28. The number of hydrogen-bond acceptors (Lipinski definition) is 3. The summed E-state index contributed by atoms with van der Waals surface area (Å²) >= 11 is 0. The quantitative estimate of drug-likeness (QED) is 0.836. The molecule has 1 aliphatic rings. The van der Waals surface area contributed by atoms with Gasteiger partial charge >= 0.3 is 0 Å². The van der Waals surface area contributed by atoms with Crippen LogP contribution >= 0.6 is 0 Å². The second-order valence-electron chi connectivity index (χ2n) is 7.54. The fourth-order valence-electron chi connectivity index (χ4n) is 3.38. The number of carbonyl (C=O) groups is 2. The first-order valence-corrected chi connectivity index (χ1v) is 9.87. The zero-order chi connectivity index (χ0) is 19.9. The smallest absolute Gasteiger partial charge is 0.251 e. The SMILES string of the molecule is CC(C)C[C@H](NC(=O)c1ccc(-c2ccccc2)cc1)C(=O)N1CCOCC1. The Hall–Kier alpha value is -2.66. The molecule has 2 amide bonds. The number of morpholine rings is 1. The van der Waals surface area contributed by atoms with Crippen LogP contribution in [0.3, 0.4) is 0 Å². The van der Waals surface area contributed by atoms with Crippen molar-refractivity contribution in [2.75, 3.05) is 26.3 Å². The molecule has 0 aromatic heterocycles. The molecule has 0 bridgehead atoms. The Labute approximate surface area is 166 Å². The number of nitrogens with zero attached hydrogens (tertiary/aromatic N) is 1. The Bertz CT molecular complexity index is 781. The van der Waals surface area contributed by atoms with Crippen LogP contribution in [0.5, 0.6) is 0 Å². The minimum atomic E-state index is -0.514. The van der Waals surface area contributed by atoms with E-state index in [2.05, 4.69) is 19.2 Å². The van der Waals surface area contributed by atoms with Gasteiger partial charge in [-0.05, 0) is 35.6 Å². The first-order valence-electron chi connectivity index (χ1n) is 9.87. The van der Waals surface area contributed by atoms with Crippen molar-refractivity contribution in [3.63, 3.8) is 0 Å². The van der Waals surface area contributed by atoms with Gasteiger partial charge in [0.15, 0.2) is 0 Å². The zero-order valence-electron chi connectivity index (χ0n) is 16.6. The molecule has 3 rings (SSSR count). The summed E-state index contributed by atoms with van der Waals surface area (Å²) in [6, 6.07) is 17.0. The molecule has 5 nitrogen and oxygen atoms in total. The van der Waals surface area contributed by atoms with Crippen LogP contribution in [-0.4, -0.2) is 49.1 Å². The molecule has 148 valence electrons. The fraction of sp³-hybridized carbons (Fsp3) is 0.391. The third-order valence-corrected chi connectivity index (χ3v) is 4.89. The lowest BCUT2D eigenvalue weighted by Crippen LogP contribution is -2.52. The molecule has 1 aliphatic heterocycles. The maximum atomic E-state index is 12.9. The first-order chi connectivity index (χ1) is 13.5. The lowest BCUT2D eigenvalue weighted by Gasteiger charge is -2.31. The average molecular weight is 380 g/mol. The molecule has 5 heteroatoms. The standard InChI is InChI=1S/C23H28N2O3/c1-17(2)16-21(23(27)25-12-14-28-15-13-25)24-22(26)20-10-8-19(9-11-20)18-6-4-3-5-7-18/h3-11,17,21H,12-16H2,1-2H3,(H,24,26)/t21-/m0/s1. The summed E-state index contributed by atoms with van der Waals surface area (Å²) in [7, 11) is 0. The van der Waals surface area contributed by atoms with Gasteiger partial charge in [0.25, 0.3) is 5.91 Å². The van der Waals surface area contributed by atoms with Crippen LogP contribution in [0.1, 0.15) is 30.6 Å². The van der Waals surface area contributed by atoms with Crippen molar-refractivity contribution >= 4 is 11.8 Å². The molecule has 1 fully saturated rings.